The van der Waals surface area contributed by atoms with Crippen LogP contribution in [0.3, 0.4) is 0 Å². The minimum atomic E-state index is -0.543. The molecule has 0 fully saturated rings. The summed E-state index contributed by atoms with van der Waals surface area (Å²) in [4.78, 5) is 24.0. The van der Waals surface area contributed by atoms with Crippen molar-refractivity contribution in [1.82, 2.24) is 4.57 Å². The number of carbonyl (C=O) groups is 2. The number of ether oxygens (including phenoxy) is 1. The van der Waals surface area contributed by atoms with E-state index in [0.717, 1.165) is 27.7 Å². The Morgan fingerprint density at radius 1 is 0.783 bits per heavy atom. The number of fused-ring (bicyclic) bond motifs is 1. The number of carbonyl (C=O) groups excluding carboxylic acids is 2. The molecule has 0 radical (unpaired) electrons. The number of esters is 2. The van der Waals surface area contributed by atoms with Gasteiger partial charge in [-0.3, -0.25) is 0 Å². The Balaban J connectivity index is 2.57. The SMILES string of the molecule is CC1=C(c2c(C)n(C)c3c(C)c(C)c(C)c(C)c23)C(=O)OC1=O. The highest BCUT2D eigenvalue weighted by Gasteiger charge is 2.35. The van der Waals surface area contributed by atoms with Crippen LogP contribution in [0, 0.1) is 34.6 Å². The van der Waals surface area contributed by atoms with Crippen molar-refractivity contribution in [3.05, 3.63) is 39.1 Å². The molecule has 2 heterocycles. The van der Waals surface area contributed by atoms with Crippen LogP contribution >= 0.6 is 0 Å². The Morgan fingerprint density at radius 3 is 1.87 bits per heavy atom. The molecule has 1 aliphatic rings. The largest absolute Gasteiger partial charge is 0.386 e. The number of hydrogen-bond donors (Lipinski definition) is 0. The van der Waals surface area contributed by atoms with Crippen LogP contribution in [0.5, 0.6) is 0 Å². The van der Waals surface area contributed by atoms with Crippen LogP contribution in [0.15, 0.2) is 5.57 Å². The maximum Gasteiger partial charge on any atom is 0.347 e. The third-order valence-corrected chi connectivity index (χ3v) is 5.43. The summed E-state index contributed by atoms with van der Waals surface area (Å²) >= 11 is 0. The first-order valence-electron chi connectivity index (χ1n) is 7.71. The number of benzene rings is 1. The van der Waals surface area contributed by atoms with E-state index in [1.165, 1.54) is 16.7 Å². The van der Waals surface area contributed by atoms with Crippen molar-refractivity contribution in [2.24, 2.45) is 7.05 Å². The Hall–Kier alpha value is -2.36. The van der Waals surface area contributed by atoms with Crippen molar-refractivity contribution in [2.45, 2.75) is 41.5 Å². The first-order chi connectivity index (χ1) is 10.7. The molecule has 0 unspecified atom stereocenters. The third-order valence-electron chi connectivity index (χ3n) is 5.43. The zero-order valence-electron chi connectivity index (χ0n) is 14.7. The summed E-state index contributed by atoms with van der Waals surface area (Å²) in [5.41, 5.74) is 8.55. The highest BCUT2D eigenvalue weighted by Crippen LogP contribution is 2.40. The minimum absolute atomic E-state index is 0.390. The number of aromatic nitrogens is 1. The van der Waals surface area contributed by atoms with Gasteiger partial charge < -0.3 is 9.30 Å². The van der Waals surface area contributed by atoms with E-state index in [1.54, 1.807) is 6.92 Å². The molecule has 0 atom stereocenters. The Labute approximate surface area is 135 Å². The van der Waals surface area contributed by atoms with Gasteiger partial charge in [0.2, 0.25) is 0 Å². The standard InChI is InChI=1S/C19H21NO3/c1-8-9(2)11(4)17-14(10(8)3)16(13(6)20(17)7)15-12(5)18(21)23-19(15)22/h1-7H3. The molecule has 1 aromatic carbocycles. The lowest BCUT2D eigenvalue weighted by Crippen LogP contribution is -2.02. The molecular formula is C19H21NO3. The Bertz CT molecular complexity index is 942. The van der Waals surface area contributed by atoms with Crippen LogP contribution in [-0.4, -0.2) is 16.5 Å². The maximum atomic E-state index is 12.2. The lowest BCUT2D eigenvalue weighted by molar-refractivity contribution is -0.150. The predicted molar refractivity (Wildman–Crippen MR) is 90.3 cm³/mol. The molecule has 0 spiro atoms. The van der Waals surface area contributed by atoms with E-state index in [-0.39, 0.29) is 0 Å². The number of cyclic esters (lactones) is 2. The van der Waals surface area contributed by atoms with Crippen LogP contribution in [-0.2, 0) is 21.4 Å². The molecule has 3 rings (SSSR count). The predicted octanol–water partition coefficient (Wildman–Crippen LogP) is 3.58. The van der Waals surface area contributed by atoms with E-state index >= 15 is 0 Å². The average molecular weight is 311 g/mol. The van der Waals surface area contributed by atoms with E-state index in [1.807, 2.05) is 14.0 Å². The first kappa shape index (κ1) is 15.5. The second-order valence-electron chi connectivity index (χ2n) is 6.42. The summed E-state index contributed by atoms with van der Waals surface area (Å²) < 4.78 is 6.92. The molecule has 0 aliphatic carbocycles. The molecular weight excluding hydrogens is 290 g/mol. The fraction of sp³-hybridized carbons (Fsp3) is 0.368. The summed E-state index contributed by atoms with van der Waals surface area (Å²) in [6, 6.07) is 0. The van der Waals surface area contributed by atoms with Gasteiger partial charge in [0.1, 0.15) is 0 Å². The summed E-state index contributed by atoms with van der Waals surface area (Å²) in [6.45, 7) is 12.0. The van der Waals surface area contributed by atoms with Gasteiger partial charge in [-0.15, -0.1) is 0 Å². The number of nitrogens with zero attached hydrogens (tertiary/aromatic N) is 1. The van der Waals surface area contributed by atoms with E-state index in [2.05, 4.69) is 32.3 Å². The summed E-state index contributed by atoms with van der Waals surface area (Å²) in [7, 11) is 2.00. The van der Waals surface area contributed by atoms with Gasteiger partial charge in [-0.2, -0.15) is 0 Å². The van der Waals surface area contributed by atoms with Crippen molar-refractivity contribution < 1.29 is 14.3 Å². The van der Waals surface area contributed by atoms with Gasteiger partial charge in [0.25, 0.3) is 0 Å². The number of hydrogen-bond acceptors (Lipinski definition) is 3. The highest BCUT2D eigenvalue weighted by molar-refractivity contribution is 6.33. The highest BCUT2D eigenvalue weighted by atomic mass is 16.6. The lowest BCUT2D eigenvalue weighted by atomic mass is 9.90. The van der Waals surface area contributed by atoms with Crippen molar-refractivity contribution in [3.8, 4) is 0 Å². The minimum Gasteiger partial charge on any atom is -0.386 e. The zero-order chi connectivity index (χ0) is 17.2. The molecule has 23 heavy (non-hydrogen) atoms. The maximum absolute atomic E-state index is 12.2. The second kappa shape index (κ2) is 4.82. The van der Waals surface area contributed by atoms with Gasteiger partial charge in [-0.1, -0.05) is 0 Å². The summed E-state index contributed by atoms with van der Waals surface area (Å²) in [5, 5.41) is 1.05. The van der Waals surface area contributed by atoms with Crippen molar-refractivity contribution in [1.29, 1.82) is 0 Å². The molecule has 1 aliphatic heterocycles. The van der Waals surface area contributed by atoms with Gasteiger partial charge >= 0.3 is 11.9 Å². The van der Waals surface area contributed by atoms with E-state index in [4.69, 9.17) is 4.74 Å². The zero-order valence-corrected chi connectivity index (χ0v) is 14.7. The van der Waals surface area contributed by atoms with Gasteiger partial charge in [0.05, 0.1) is 11.1 Å². The van der Waals surface area contributed by atoms with E-state index < -0.39 is 11.9 Å². The first-order valence-corrected chi connectivity index (χ1v) is 7.71. The van der Waals surface area contributed by atoms with Crippen LogP contribution < -0.4 is 0 Å². The number of aryl methyl sites for hydroxylation is 3. The lowest BCUT2D eigenvalue weighted by Gasteiger charge is -2.13. The van der Waals surface area contributed by atoms with Crippen LogP contribution in [0.25, 0.3) is 16.5 Å². The van der Waals surface area contributed by atoms with E-state index in [9.17, 15) is 9.59 Å². The molecule has 0 N–H and O–H groups in total. The molecule has 4 heteroatoms. The third kappa shape index (κ3) is 1.84. The average Bonchev–Trinajstić information content (AvgIpc) is 2.90. The summed E-state index contributed by atoms with van der Waals surface area (Å²) in [6.07, 6.45) is 0. The van der Waals surface area contributed by atoms with Crippen molar-refractivity contribution >= 4 is 28.4 Å². The molecule has 2 aromatic rings. The molecule has 120 valence electrons. The fourth-order valence-electron chi connectivity index (χ4n) is 3.60. The molecule has 0 amide bonds. The topological polar surface area (TPSA) is 48.3 Å². The molecule has 0 saturated carbocycles. The van der Waals surface area contributed by atoms with Crippen molar-refractivity contribution in [2.75, 3.05) is 0 Å². The second-order valence-corrected chi connectivity index (χ2v) is 6.42. The van der Waals surface area contributed by atoms with Gasteiger partial charge in [0, 0.05) is 29.3 Å². The van der Waals surface area contributed by atoms with Crippen LogP contribution in [0.1, 0.15) is 40.4 Å². The molecule has 4 nitrogen and oxygen atoms in total. The molecule has 0 saturated heterocycles. The Morgan fingerprint density at radius 2 is 1.35 bits per heavy atom. The number of rotatable bonds is 1. The Kier molecular flexibility index (Phi) is 3.25. The normalized spacial score (nSPS) is 15.1. The summed E-state index contributed by atoms with van der Waals surface area (Å²) in [5.74, 6) is -1.09. The molecule has 0 bridgehead atoms. The van der Waals surface area contributed by atoms with Crippen LogP contribution in [0.4, 0.5) is 0 Å². The van der Waals surface area contributed by atoms with E-state index in [0.29, 0.717) is 11.1 Å². The monoisotopic (exact) mass is 311 g/mol. The molecule has 1 aromatic heterocycles. The van der Waals surface area contributed by atoms with Crippen LogP contribution in [0.2, 0.25) is 0 Å². The van der Waals surface area contributed by atoms with Gasteiger partial charge in [-0.05, 0) is 63.8 Å². The van der Waals surface area contributed by atoms with Gasteiger partial charge in [0.15, 0.2) is 0 Å². The fourth-order valence-corrected chi connectivity index (χ4v) is 3.60. The van der Waals surface area contributed by atoms with Crippen molar-refractivity contribution in [3.63, 3.8) is 0 Å². The van der Waals surface area contributed by atoms with Gasteiger partial charge in [-0.25, -0.2) is 9.59 Å². The quantitative estimate of drug-likeness (QED) is 0.597. The smallest absolute Gasteiger partial charge is 0.347 e.